The molecule has 1 aromatic carbocycles. The molecule has 2 N–H and O–H groups in total. The Kier molecular flexibility index (Phi) is 6.66. The van der Waals surface area contributed by atoms with Crippen molar-refractivity contribution in [1.29, 1.82) is 0 Å². The number of ether oxygens (including phenoxy) is 1. The minimum atomic E-state index is -0.198. The lowest BCUT2D eigenvalue weighted by Crippen LogP contribution is -2.23. The standard InChI is InChI=1S/C21H20N4O3S/c1-15-19(29-21(23-15)25-11-4-5-12-25)20(27)22-10-3-6-13-28-18-9-7-8-17(14-18)24-16(2)26/h4-5,7-9,11-12,14H,10,13H2,1-2H3,(H,22,27)(H,24,26). The summed E-state index contributed by atoms with van der Waals surface area (Å²) in [5.41, 5.74) is 1.35. The molecule has 0 radical (unpaired) electrons. The molecular formula is C21H20N4O3S. The molecule has 2 amide bonds. The van der Waals surface area contributed by atoms with E-state index in [4.69, 9.17) is 4.74 Å². The zero-order chi connectivity index (χ0) is 20.6. The lowest BCUT2D eigenvalue weighted by molar-refractivity contribution is -0.114. The van der Waals surface area contributed by atoms with Gasteiger partial charge < -0.3 is 19.9 Å². The number of nitrogens with one attached hydrogen (secondary N) is 2. The van der Waals surface area contributed by atoms with Gasteiger partial charge in [0.15, 0.2) is 5.13 Å². The molecule has 0 fully saturated rings. The smallest absolute Gasteiger partial charge is 0.264 e. The van der Waals surface area contributed by atoms with Gasteiger partial charge >= 0.3 is 0 Å². The number of rotatable bonds is 6. The molecule has 0 spiro atoms. The van der Waals surface area contributed by atoms with Crippen LogP contribution in [0.15, 0.2) is 48.8 Å². The van der Waals surface area contributed by atoms with E-state index in [1.165, 1.54) is 18.3 Å². The van der Waals surface area contributed by atoms with Gasteiger partial charge in [0.25, 0.3) is 5.91 Å². The van der Waals surface area contributed by atoms with Crippen LogP contribution in [-0.2, 0) is 4.79 Å². The highest BCUT2D eigenvalue weighted by Gasteiger charge is 2.15. The van der Waals surface area contributed by atoms with Crippen molar-refractivity contribution in [3.63, 3.8) is 0 Å². The summed E-state index contributed by atoms with van der Waals surface area (Å²) in [5, 5.41) is 6.21. The first kappa shape index (κ1) is 20.2. The summed E-state index contributed by atoms with van der Waals surface area (Å²) < 4.78 is 7.40. The third-order valence-corrected chi connectivity index (χ3v) is 4.91. The summed E-state index contributed by atoms with van der Waals surface area (Å²) in [6.45, 7) is 3.65. The average Bonchev–Trinajstić information content (AvgIpc) is 3.34. The van der Waals surface area contributed by atoms with Crippen molar-refractivity contribution in [2.75, 3.05) is 18.5 Å². The van der Waals surface area contributed by atoms with E-state index in [1.54, 1.807) is 24.3 Å². The van der Waals surface area contributed by atoms with Crippen LogP contribution >= 0.6 is 11.3 Å². The molecule has 148 valence electrons. The Morgan fingerprint density at radius 3 is 2.76 bits per heavy atom. The maximum absolute atomic E-state index is 12.3. The zero-order valence-electron chi connectivity index (χ0n) is 16.1. The summed E-state index contributed by atoms with van der Waals surface area (Å²) in [6.07, 6.45) is 3.77. The van der Waals surface area contributed by atoms with Crippen LogP contribution in [-0.4, -0.2) is 34.5 Å². The molecule has 0 saturated heterocycles. The van der Waals surface area contributed by atoms with Crippen LogP contribution < -0.4 is 15.4 Å². The van der Waals surface area contributed by atoms with Gasteiger partial charge in [-0.05, 0) is 31.2 Å². The highest BCUT2D eigenvalue weighted by molar-refractivity contribution is 7.16. The van der Waals surface area contributed by atoms with Crippen LogP contribution in [0.4, 0.5) is 5.69 Å². The van der Waals surface area contributed by atoms with E-state index in [9.17, 15) is 9.59 Å². The number of anilines is 1. The van der Waals surface area contributed by atoms with Crippen LogP contribution in [0.5, 0.6) is 5.75 Å². The quantitative estimate of drug-likeness (QED) is 0.614. The number of hydrogen-bond acceptors (Lipinski definition) is 5. The second kappa shape index (κ2) is 9.57. The number of amides is 2. The number of thiazole rings is 1. The van der Waals surface area contributed by atoms with E-state index < -0.39 is 0 Å². The number of aromatic nitrogens is 2. The highest BCUT2D eigenvalue weighted by atomic mass is 32.1. The molecule has 7 nitrogen and oxygen atoms in total. The van der Waals surface area contributed by atoms with E-state index >= 15 is 0 Å². The zero-order valence-corrected chi connectivity index (χ0v) is 16.9. The van der Waals surface area contributed by atoms with Gasteiger partial charge in [-0.2, -0.15) is 0 Å². The summed E-state index contributed by atoms with van der Waals surface area (Å²) in [7, 11) is 0. The van der Waals surface area contributed by atoms with Gasteiger partial charge in [0.2, 0.25) is 5.91 Å². The molecule has 8 heteroatoms. The third kappa shape index (κ3) is 5.70. The predicted molar refractivity (Wildman–Crippen MR) is 113 cm³/mol. The van der Waals surface area contributed by atoms with Gasteiger partial charge in [0.05, 0.1) is 12.2 Å². The van der Waals surface area contributed by atoms with Crippen molar-refractivity contribution >= 4 is 28.8 Å². The van der Waals surface area contributed by atoms with E-state index in [0.717, 1.165) is 5.13 Å². The molecule has 3 aromatic rings. The van der Waals surface area contributed by atoms with Gasteiger partial charge in [-0.25, -0.2) is 4.98 Å². The second-order valence-electron chi connectivity index (χ2n) is 6.04. The molecule has 2 heterocycles. The van der Waals surface area contributed by atoms with Crippen molar-refractivity contribution in [3.8, 4) is 22.7 Å². The van der Waals surface area contributed by atoms with Crippen molar-refractivity contribution < 1.29 is 14.3 Å². The number of nitrogens with zero attached hydrogens (tertiary/aromatic N) is 2. The Morgan fingerprint density at radius 2 is 2.00 bits per heavy atom. The monoisotopic (exact) mass is 408 g/mol. The first-order chi connectivity index (χ1) is 14.0. The number of carbonyl (C=O) groups excluding carboxylic acids is 2. The summed E-state index contributed by atoms with van der Waals surface area (Å²) >= 11 is 1.33. The fourth-order valence-electron chi connectivity index (χ4n) is 2.47. The van der Waals surface area contributed by atoms with Crippen LogP contribution in [0.2, 0.25) is 0 Å². The van der Waals surface area contributed by atoms with Gasteiger partial charge in [-0.3, -0.25) is 9.59 Å². The van der Waals surface area contributed by atoms with E-state index in [0.29, 0.717) is 22.0 Å². The average molecular weight is 408 g/mol. The number of aryl methyl sites for hydroxylation is 1. The third-order valence-electron chi connectivity index (χ3n) is 3.74. The number of carbonyl (C=O) groups is 2. The fraction of sp³-hybridized carbons (Fsp3) is 0.190. The Balaban J connectivity index is 1.47. The van der Waals surface area contributed by atoms with E-state index in [-0.39, 0.29) is 25.0 Å². The fourth-order valence-corrected chi connectivity index (χ4v) is 3.42. The summed E-state index contributed by atoms with van der Waals surface area (Å²) in [6, 6.07) is 10.9. The Bertz CT molecular complexity index is 1060. The van der Waals surface area contributed by atoms with Crippen molar-refractivity contribution in [2.45, 2.75) is 13.8 Å². The molecule has 0 aliphatic carbocycles. The van der Waals surface area contributed by atoms with Crippen LogP contribution in [0.25, 0.3) is 5.13 Å². The SMILES string of the molecule is CC(=O)Nc1cccc(OCC#CCNC(=O)c2sc(-n3cccc3)nc2C)c1. The molecule has 0 atom stereocenters. The lowest BCUT2D eigenvalue weighted by atomic mass is 10.3. The van der Waals surface area contributed by atoms with Crippen LogP contribution in [0.1, 0.15) is 22.3 Å². The first-order valence-corrected chi connectivity index (χ1v) is 9.70. The van der Waals surface area contributed by atoms with E-state index in [1.807, 2.05) is 36.0 Å². The van der Waals surface area contributed by atoms with E-state index in [2.05, 4.69) is 27.5 Å². The Hall–Kier alpha value is -3.57. The summed E-state index contributed by atoms with van der Waals surface area (Å²) in [4.78, 5) is 28.4. The second-order valence-corrected chi connectivity index (χ2v) is 7.01. The minimum Gasteiger partial charge on any atom is -0.481 e. The molecule has 0 bridgehead atoms. The molecule has 0 aliphatic heterocycles. The largest absolute Gasteiger partial charge is 0.481 e. The van der Waals surface area contributed by atoms with Gasteiger partial charge in [-0.15, -0.1) is 0 Å². The van der Waals surface area contributed by atoms with Crippen molar-refractivity contribution in [1.82, 2.24) is 14.9 Å². The normalized spacial score (nSPS) is 10.0. The summed E-state index contributed by atoms with van der Waals surface area (Å²) in [5.74, 6) is 5.97. The first-order valence-electron chi connectivity index (χ1n) is 8.88. The van der Waals surface area contributed by atoms with Crippen molar-refractivity contribution in [2.24, 2.45) is 0 Å². The molecule has 0 aliphatic rings. The molecule has 0 saturated carbocycles. The Labute approximate surface area is 172 Å². The molecular weight excluding hydrogens is 388 g/mol. The Morgan fingerprint density at radius 1 is 1.21 bits per heavy atom. The molecule has 29 heavy (non-hydrogen) atoms. The maximum Gasteiger partial charge on any atom is 0.264 e. The molecule has 3 rings (SSSR count). The lowest BCUT2D eigenvalue weighted by Gasteiger charge is -2.05. The highest BCUT2D eigenvalue weighted by Crippen LogP contribution is 2.21. The van der Waals surface area contributed by atoms with Crippen LogP contribution in [0, 0.1) is 18.8 Å². The molecule has 2 aromatic heterocycles. The maximum atomic E-state index is 12.3. The minimum absolute atomic E-state index is 0.144. The van der Waals surface area contributed by atoms with Gasteiger partial charge in [-0.1, -0.05) is 29.2 Å². The van der Waals surface area contributed by atoms with Crippen LogP contribution in [0.3, 0.4) is 0 Å². The topological polar surface area (TPSA) is 85.3 Å². The number of hydrogen-bond donors (Lipinski definition) is 2. The van der Waals surface area contributed by atoms with Gasteiger partial charge in [0, 0.05) is 31.1 Å². The predicted octanol–water partition coefficient (Wildman–Crippen LogP) is 3.01. The number of benzene rings is 1. The van der Waals surface area contributed by atoms with Crippen molar-refractivity contribution in [3.05, 3.63) is 59.4 Å². The molecule has 0 unspecified atom stereocenters. The van der Waals surface area contributed by atoms with Gasteiger partial charge in [0.1, 0.15) is 17.2 Å².